The Morgan fingerprint density at radius 1 is 1.36 bits per heavy atom. The van der Waals surface area contributed by atoms with E-state index >= 15 is 0 Å². The first kappa shape index (κ1) is 12.0. The van der Waals surface area contributed by atoms with Crippen LogP contribution in [0.15, 0.2) is 0 Å². The van der Waals surface area contributed by atoms with E-state index in [0.717, 1.165) is 38.9 Å². The first-order valence-electron chi connectivity index (χ1n) is 5.75. The first-order valence-corrected chi connectivity index (χ1v) is 5.75. The summed E-state index contributed by atoms with van der Waals surface area (Å²) < 4.78 is 0. The van der Waals surface area contributed by atoms with Crippen molar-refractivity contribution in [2.24, 2.45) is 5.92 Å². The van der Waals surface area contributed by atoms with Crippen molar-refractivity contribution in [2.45, 2.75) is 38.7 Å². The zero-order chi connectivity index (χ0) is 10.4. The highest BCUT2D eigenvalue weighted by Gasteiger charge is 2.25. The van der Waals surface area contributed by atoms with E-state index in [0.29, 0.717) is 12.5 Å². The van der Waals surface area contributed by atoms with Gasteiger partial charge in [0.2, 0.25) is 0 Å². The molecule has 2 unspecified atom stereocenters. The molecular weight excluding hydrogens is 178 g/mol. The van der Waals surface area contributed by atoms with Gasteiger partial charge in [-0.15, -0.1) is 0 Å². The summed E-state index contributed by atoms with van der Waals surface area (Å²) in [6.45, 7) is 5.52. The lowest BCUT2D eigenvalue weighted by molar-refractivity contribution is 0.127. The maximum Gasteiger partial charge on any atom is 0.0552 e. The number of aliphatic hydroxyl groups excluding tert-OH is 2. The lowest BCUT2D eigenvalue weighted by Crippen LogP contribution is -2.25. The van der Waals surface area contributed by atoms with Crippen LogP contribution >= 0.6 is 0 Å². The average molecular weight is 201 g/mol. The normalized spacial score (nSPS) is 25.5. The number of rotatable bonds is 6. The fourth-order valence-corrected chi connectivity index (χ4v) is 2.08. The van der Waals surface area contributed by atoms with Crippen molar-refractivity contribution in [1.82, 2.24) is 4.90 Å². The van der Waals surface area contributed by atoms with Crippen molar-refractivity contribution in [2.75, 3.05) is 26.2 Å². The molecule has 0 aromatic carbocycles. The summed E-state index contributed by atoms with van der Waals surface area (Å²) in [6.07, 6.45) is 4.20. The average Bonchev–Trinajstić information content (AvgIpc) is 2.61. The Labute approximate surface area is 86.7 Å². The van der Waals surface area contributed by atoms with Crippen molar-refractivity contribution in [3.8, 4) is 0 Å². The Hall–Kier alpha value is -0.120. The number of nitrogens with zero attached hydrogens (tertiary/aromatic N) is 1. The summed E-state index contributed by atoms with van der Waals surface area (Å²) in [5.41, 5.74) is 0. The highest BCUT2D eigenvalue weighted by molar-refractivity contribution is 4.78. The molecule has 2 atom stereocenters. The molecule has 3 heteroatoms. The number of likely N-dealkylation sites (tertiary alicyclic amines) is 1. The van der Waals surface area contributed by atoms with Crippen LogP contribution in [0.1, 0.15) is 32.6 Å². The predicted molar refractivity (Wildman–Crippen MR) is 57.2 cm³/mol. The molecule has 0 aliphatic carbocycles. The fourth-order valence-electron chi connectivity index (χ4n) is 2.08. The summed E-state index contributed by atoms with van der Waals surface area (Å²) in [5.74, 6) is 0.479. The first-order chi connectivity index (χ1) is 6.74. The number of unbranched alkanes of at least 4 members (excludes halogenated alkanes) is 2. The Balaban J connectivity index is 2.04. The van der Waals surface area contributed by atoms with Gasteiger partial charge in [0, 0.05) is 13.2 Å². The quantitative estimate of drug-likeness (QED) is 0.626. The van der Waals surface area contributed by atoms with Gasteiger partial charge in [0.25, 0.3) is 0 Å². The molecular formula is C11H23NO2. The molecule has 14 heavy (non-hydrogen) atoms. The molecule has 1 aliphatic heterocycles. The van der Waals surface area contributed by atoms with Crippen LogP contribution in [0.4, 0.5) is 0 Å². The second-order valence-electron chi connectivity index (χ2n) is 4.37. The molecule has 0 radical (unpaired) electrons. The molecule has 3 nitrogen and oxygen atoms in total. The van der Waals surface area contributed by atoms with Crippen molar-refractivity contribution in [3.63, 3.8) is 0 Å². The molecule has 0 saturated carbocycles. The van der Waals surface area contributed by atoms with E-state index in [4.69, 9.17) is 5.11 Å². The molecule has 2 N–H and O–H groups in total. The van der Waals surface area contributed by atoms with E-state index in [1.165, 1.54) is 6.42 Å². The van der Waals surface area contributed by atoms with Crippen LogP contribution in [-0.2, 0) is 0 Å². The third kappa shape index (κ3) is 3.95. The summed E-state index contributed by atoms with van der Waals surface area (Å²) in [7, 11) is 0. The summed E-state index contributed by atoms with van der Waals surface area (Å²) in [5, 5.41) is 18.0. The summed E-state index contributed by atoms with van der Waals surface area (Å²) in [6, 6.07) is 0. The molecule has 0 aromatic rings. The molecule has 1 saturated heterocycles. The van der Waals surface area contributed by atoms with Crippen LogP contribution in [-0.4, -0.2) is 47.5 Å². The zero-order valence-electron chi connectivity index (χ0n) is 9.15. The van der Waals surface area contributed by atoms with Gasteiger partial charge in [0.1, 0.15) is 0 Å². The minimum absolute atomic E-state index is 0.155. The van der Waals surface area contributed by atoms with E-state index in [-0.39, 0.29) is 6.10 Å². The maximum absolute atomic E-state index is 9.42. The number of hydrogen-bond acceptors (Lipinski definition) is 3. The van der Waals surface area contributed by atoms with E-state index in [2.05, 4.69) is 4.90 Å². The highest BCUT2D eigenvalue weighted by Crippen LogP contribution is 2.19. The summed E-state index contributed by atoms with van der Waals surface area (Å²) >= 11 is 0. The van der Waals surface area contributed by atoms with E-state index in [1.807, 2.05) is 6.92 Å². The van der Waals surface area contributed by atoms with E-state index in [9.17, 15) is 5.11 Å². The lowest BCUT2D eigenvalue weighted by Gasteiger charge is -2.16. The monoisotopic (exact) mass is 201 g/mol. The molecule has 1 aliphatic rings. The molecule has 0 aromatic heterocycles. The van der Waals surface area contributed by atoms with Crippen LogP contribution in [0, 0.1) is 5.92 Å². The van der Waals surface area contributed by atoms with Gasteiger partial charge in [-0.2, -0.15) is 0 Å². The van der Waals surface area contributed by atoms with Crippen LogP contribution in [0.3, 0.4) is 0 Å². The van der Waals surface area contributed by atoms with Crippen LogP contribution in [0.25, 0.3) is 0 Å². The second-order valence-corrected chi connectivity index (χ2v) is 4.37. The molecule has 1 fully saturated rings. The van der Waals surface area contributed by atoms with Crippen LogP contribution < -0.4 is 0 Å². The largest absolute Gasteiger partial charge is 0.396 e. The topological polar surface area (TPSA) is 43.7 Å². The zero-order valence-corrected chi connectivity index (χ0v) is 9.15. The van der Waals surface area contributed by atoms with Gasteiger partial charge in [-0.1, -0.05) is 0 Å². The van der Waals surface area contributed by atoms with Gasteiger partial charge < -0.3 is 15.1 Å². The minimum Gasteiger partial charge on any atom is -0.396 e. The van der Waals surface area contributed by atoms with Gasteiger partial charge in [0.15, 0.2) is 0 Å². The maximum atomic E-state index is 9.42. The van der Waals surface area contributed by atoms with E-state index in [1.54, 1.807) is 0 Å². The minimum atomic E-state index is -0.155. The third-order valence-corrected chi connectivity index (χ3v) is 3.12. The summed E-state index contributed by atoms with van der Waals surface area (Å²) in [4.78, 5) is 2.43. The molecule has 1 heterocycles. The highest BCUT2D eigenvalue weighted by atomic mass is 16.3. The molecule has 0 spiro atoms. The second kappa shape index (κ2) is 6.38. The van der Waals surface area contributed by atoms with Crippen LogP contribution in [0.5, 0.6) is 0 Å². The third-order valence-electron chi connectivity index (χ3n) is 3.12. The molecule has 1 rings (SSSR count). The van der Waals surface area contributed by atoms with Crippen molar-refractivity contribution in [1.29, 1.82) is 0 Å². The van der Waals surface area contributed by atoms with Crippen molar-refractivity contribution >= 4 is 0 Å². The van der Waals surface area contributed by atoms with Gasteiger partial charge >= 0.3 is 0 Å². The molecule has 0 amide bonds. The fraction of sp³-hybridized carbons (Fsp3) is 1.00. The molecule has 84 valence electrons. The molecule has 0 bridgehead atoms. The standard InChI is InChI=1S/C11H23NO2/c1-10(14)11-5-7-12(9-11)6-3-2-4-8-13/h10-11,13-14H,2-9H2,1H3. The smallest absolute Gasteiger partial charge is 0.0552 e. The van der Waals surface area contributed by atoms with Crippen LogP contribution in [0.2, 0.25) is 0 Å². The Morgan fingerprint density at radius 2 is 2.14 bits per heavy atom. The Bertz CT molecular complexity index is 150. The van der Waals surface area contributed by atoms with Gasteiger partial charge in [0.05, 0.1) is 6.10 Å². The lowest BCUT2D eigenvalue weighted by atomic mass is 10.0. The van der Waals surface area contributed by atoms with E-state index < -0.39 is 0 Å². The Morgan fingerprint density at radius 3 is 2.71 bits per heavy atom. The van der Waals surface area contributed by atoms with Crippen molar-refractivity contribution < 1.29 is 10.2 Å². The number of aliphatic hydroxyl groups is 2. The SMILES string of the molecule is CC(O)C1CCN(CCCCCO)C1. The van der Waals surface area contributed by atoms with Gasteiger partial charge in [-0.05, 0) is 51.6 Å². The van der Waals surface area contributed by atoms with Gasteiger partial charge in [-0.25, -0.2) is 0 Å². The van der Waals surface area contributed by atoms with Crippen molar-refractivity contribution in [3.05, 3.63) is 0 Å². The predicted octanol–water partition coefficient (Wildman–Crippen LogP) is 0.852. The number of hydrogen-bond donors (Lipinski definition) is 2. The Kier molecular flexibility index (Phi) is 5.45. The van der Waals surface area contributed by atoms with Gasteiger partial charge in [-0.3, -0.25) is 0 Å².